The van der Waals surface area contributed by atoms with Crippen molar-refractivity contribution in [1.29, 1.82) is 0 Å². The second kappa shape index (κ2) is 5.23. The molecule has 16 heavy (non-hydrogen) atoms. The third-order valence-electron chi connectivity index (χ3n) is 2.82. The molecule has 5 nitrogen and oxygen atoms in total. The molecule has 1 heterocycles. The van der Waals surface area contributed by atoms with Crippen LogP contribution in [-0.4, -0.2) is 23.6 Å². The molecule has 0 spiro atoms. The Morgan fingerprint density at radius 2 is 2.31 bits per heavy atom. The van der Waals surface area contributed by atoms with E-state index in [0.29, 0.717) is 24.5 Å². The van der Waals surface area contributed by atoms with Crippen molar-refractivity contribution in [2.45, 2.75) is 32.3 Å². The van der Waals surface area contributed by atoms with Gasteiger partial charge in [-0.2, -0.15) is 0 Å². The van der Waals surface area contributed by atoms with Gasteiger partial charge in [0, 0.05) is 25.3 Å². The Kier molecular flexibility index (Phi) is 4.20. The average molecular weight is 225 g/mol. The number of nitrogens with one attached hydrogen (secondary N) is 1. The standard InChI is InChI=1S/C11H19N3O2/c1-4-11(2,16-3)10-13-8(5-6-12)7-9(15)14-10/h7H,4-6,12H2,1-3H3,(H,13,14,15). The van der Waals surface area contributed by atoms with E-state index < -0.39 is 5.60 Å². The minimum Gasteiger partial charge on any atom is -0.371 e. The number of nitrogens with two attached hydrogens (primary N) is 1. The molecule has 0 aliphatic heterocycles. The number of hydrogen-bond donors (Lipinski definition) is 2. The normalized spacial score (nSPS) is 14.8. The zero-order valence-electron chi connectivity index (χ0n) is 10.0. The SMILES string of the molecule is CCC(C)(OC)c1nc(CCN)cc(=O)[nH]1. The van der Waals surface area contributed by atoms with Gasteiger partial charge in [0.05, 0.1) is 0 Å². The first-order valence-corrected chi connectivity index (χ1v) is 5.41. The predicted molar refractivity (Wildman–Crippen MR) is 62.3 cm³/mol. The Hall–Kier alpha value is -1.20. The first kappa shape index (κ1) is 12.9. The third kappa shape index (κ3) is 2.68. The van der Waals surface area contributed by atoms with Gasteiger partial charge in [-0.25, -0.2) is 4.98 Å². The highest BCUT2D eigenvalue weighted by atomic mass is 16.5. The highest BCUT2D eigenvalue weighted by Crippen LogP contribution is 2.24. The lowest BCUT2D eigenvalue weighted by molar-refractivity contribution is -0.00934. The van der Waals surface area contributed by atoms with Gasteiger partial charge in [0.25, 0.3) is 5.56 Å². The van der Waals surface area contributed by atoms with Crippen molar-refractivity contribution in [3.63, 3.8) is 0 Å². The number of hydrogen-bond acceptors (Lipinski definition) is 4. The fourth-order valence-corrected chi connectivity index (χ4v) is 1.44. The summed E-state index contributed by atoms with van der Waals surface area (Å²) in [5, 5.41) is 0. The number of methoxy groups -OCH3 is 1. The average Bonchev–Trinajstić information content (AvgIpc) is 2.27. The van der Waals surface area contributed by atoms with E-state index in [1.54, 1.807) is 7.11 Å². The van der Waals surface area contributed by atoms with Crippen molar-refractivity contribution in [1.82, 2.24) is 9.97 Å². The summed E-state index contributed by atoms with van der Waals surface area (Å²) in [7, 11) is 1.61. The highest BCUT2D eigenvalue weighted by Gasteiger charge is 2.27. The number of ether oxygens (including phenoxy) is 1. The van der Waals surface area contributed by atoms with Crippen LogP contribution in [-0.2, 0) is 16.8 Å². The number of H-pyrrole nitrogens is 1. The van der Waals surface area contributed by atoms with Crippen molar-refractivity contribution in [2.75, 3.05) is 13.7 Å². The minimum atomic E-state index is -0.552. The fourth-order valence-electron chi connectivity index (χ4n) is 1.44. The van der Waals surface area contributed by atoms with Gasteiger partial charge in [-0.1, -0.05) is 6.92 Å². The van der Waals surface area contributed by atoms with Gasteiger partial charge >= 0.3 is 0 Å². The fraction of sp³-hybridized carbons (Fsp3) is 0.636. The summed E-state index contributed by atoms with van der Waals surface area (Å²) >= 11 is 0. The first-order valence-electron chi connectivity index (χ1n) is 5.41. The molecule has 1 atom stereocenters. The molecule has 0 bridgehead atoms. The Morgan fingerprint density at radius 1 is 1.62 bits per heavy atom. The van der Waals surface area contributed by atoms with E-state index in [1.807, 2.05) is 13.8 Å². The Labute approximate surface area is 95.0 Å². The summed E-state index contributed by atoms with van der Waals surface area (Å²) in [6.07, 6.45) is 1.33. The Morgan fingerprint density at radius 3 is 2.81 bits per heavy atom. The number of nitrogens with zero attached hydrogens (tertiary/aromatic N) is 1. The maximum atomic E-state index is 11.5. The summed E-state index contributed by atoms with van der Waals surface area (Å²) in [4.78, 5) is 18.6. The molecule has 0 fully saturated rings. The lowest BCUT2D eigenvalue weighted by atomic mass is 10.0. The third-order valence-corrected chi connectivity index (χ3v) is 2.82. The van der Waals surface area contributed by atoms with Crippen molar-refractivity contribution >= 4 is 0 Å². The summed E-state index contributed by atoms with van der Waals surface area (Å²) in [5.74, 6) is 0.563. The molecule has 1 aromatic heterocycles. The van der Waals surface area contributed by atoms with Gasteiger partial charge in [0.2, 0.25) is 0 Å². The van der Waals surface area contributed by atoms with Gasteiger partial charge in [0.1, 0.15) is 11.4 Å². The largest absolute Gasteiger partial charge is 0.371 e. The van der Waals surface area contributed by atoms with Crippen molar-refractivity contribution in [3.05, 3.63) is 27.9 Å². The molecule has 1 rings (SSSR count). The van der Waals surface area contributed by atoms with Crippen LogP contribution in [0.5, 0.6) is 0 Å². The second-order valence-corrected chi connectivity index (χ2v) is 3.91. The second-order valence-electron chi connectivity index (χ2n) is 3.91. The molecule has 1 unspecified atom stereocenters. The van der Waals surface area contributed by atoms with Crippen LogP contribution < -0.4 is 11.3 Å². The maximum Gasteiger partial charge on any atom is 0.251 e. The van der Waals surface area contributed by atoms with Gasteiger partial charge in [-0.05, 0) is 19.9 Å². The first-order chi connectivity index (χ1) is 7.55. The van der Waals surface area contributed by atoms with Gasteiger partial charge < -0.3 is 15.5 Å². The summed E-state index contributed by atoms with van der Waals surface area (Å²) in [5.41, 5.74) is 5.44. The van der Waals surface area contributed by atoms with Crippen molar-refractivity contribution in [3.8, 4) is 0 Å². The van der Waals surface area contributed by atoms with Crippen LogP contribution in [0.2, 0.25) is 0 Å². The molecule has 0 saturated carbocycles. The molecule has 90 valence electrons. The van der Waals surface area contributed by atoms with Crippen molar-refractivity contribution in [2.24, 2.45) is 5.73 Å². The van der Waals surface area contributed by atoms with E-state index in [9.17, 15) is 4.79 Å². The highest BCUT2D eigenvalue weighted by molar-refractivity contribution is 5.08. The van der Waals surface area contributed by atoms with Gasteiger partial charge in [-0.15, -0.1) is 0 Å². The minimum absolute atomic E-state index is 0.162. The van der Waals surface area contributed by atoms with Crippen LogP contribution in [0.25, 0.3) is 0 Å². The predicted octanol–water partition coefficient (Wildman–Crippen LogP) is 0.543. The molecule has 0 amide bonds. The van der Waals surface area contributed by atoms with E-state index in [0.717, 1.165) is 6.42 Å². The molecular weight excluding hydrogens is 206 g/mol. The molecule has 0 radical (unpaired) electrons. The summed E-state index contributed by atoms with van der Waals surface area (Å²) in [6, 6.07) is 1.47. The van der Waals surface area contributed by atoms with Crippen LogP contribution in [0, 0.1) is 0 Å². The summed E-state index contributed by atoms with van der Waals surface area (Å²) in [6.45, 7) is 4.36. The molecule has 0 aliphatic carbocycles. The van der Waals surface area contributed by atoms with E-state index in [2.05, 4.69) is 9.97 Å². The van der Waals surface area contributed by atoms with Crippen LogP contribution in [0.4, 0.5) is 0 Å². The Bertz CT molecular complexity index is 396. The molecule has 0 aliphatic rings. The molecule has 0 aromatic carbocycles. The maximum absolute atomic E-state index is 11.5. The summed E-state index contributed by atoms with van der Waals surface area (Å²) < 4.78 is 5.40. The number of aromatic nitrogens is 2. The Balaban J connectivity index is 3.18. The quantitative estimate of drug-likeness (QED) is 0.766. The number of rotatable bonds is 5. The van der Waals surface area contributed by atoms with Crippen LogP contribution in [0.1, 0.15) is 31.8 Å². The monoisotopic (exact) mass is 225 g/mol. The lowest BCUT2D eigenvalue weighted by Gasteiger charge is -2.25. The molecular formula is C11H19N3O2. The van der Waals surface area contributed by atoms with Gasteiger partial charge in [-0.3, -0.25) is 4.79 Å². The molecule has 3 N–H and O–H groups in total. The van der Waals surface area contributed by atoms with Crippen LogP contribution in [0.15, 0.2) is 10.9 Å². The van der Waals surface area contributed by atoms with Gasteiger partial charge in [0.15, 0.2) is 0 Å². The smallest absolute Gasteiger partial charge is 0.251 e. The molecule has 1 aromatic rings. The van der Waals surface area contributed by atoms with Crippen LogP contribution in [0.3, 0.4) is 0 Å². The molecule has 0 saturated heterocycles. The zero-order chi connectivity index (χ0) is 12.2. The van der Waals surface area contributed by atoms with Crippen LogP contribution >= 0.6 is 0 Å². The topological polar surface area (TPSA) is 81.0 Å². The molecule has 5 heteroatoms. The zero-order valence-corrected chi connectivity index (χ0v) is 10.0. The van der Waals surface area contributed by atoms with E-state index in [1.165, 1.54) is 6.07 Å². The number of aromatic amines is 1. The van der Waals surface area contributed by atoms with E-state index >= 15 is 0 Å². The van der Waals surface area contributed by atoms with Crippen molar-refractivity contribution < 1.29 is 4.74 Å². The lowest BCUT2D eigenvalue weighted by Crippen LogP contribution is -2.30. The van der Waals surface area contributed by atoms with E-state index in [-0.39, 0.29) is 5.56 Å². The van der Waals surface area contributed by atoms with E-state index in [4.69, 9.17) is 10.5 Å².